The van der Waals surface area contributed by atoms with Crippen molar-refractivity contribution in [2.24, 2.45) is 17.8 Å². The van der Waals surface area contributed by atoms with Gasteiger partial charge in [-0.15, -0.1) is 0 Å². The van der Waals surface area contributed by atoms with E-state index in [1.807, 2.05) is 6.92 Å². The molecule has 1 aliphatic carbocycles. The number of carbonyl (C=O) groups is 1. The highest BCUT2D eigenvalue weighted by molar-refractivity contribution is 5.89. The van der Waals surface area contributed by atoms with E-state index in [1.54, 1.807) is 0 Å². The normalized spacial score (nSPS) is 43.2. The standard InChI is InChI=1S/C22H30O11/c1-9-6-13(31-20(29)10-2-4-11(24)5-3-10)16-12(25)8-30-21(15(9)16)33-22-19(28)18(27)17(26)14(7-23)32-22/h2-5,9,12-19,21-28H,6-8H2,1H3. The molecule has 4 rings (SSSR count). The van der Waals surface area contributed by atoms with Crippen molar-refractivity contribution in [3.63, 3.8) is 0 Å². The van der Waals surface area contributed by atoms with E-state index in [2.05, 4.69) is 0 Å². The second-order valence-electron chi connectivity index (χ2n) is 8.96. The van der Waals surface area contributed by atoms with Gasteiger partial charge in [0.2, 0.25) is 0 Å². The van der Waals surface area contributed by atoms with Crippen molar-refractivity contribution >= 4 is 5.97 Å². The van der Waals surface area contributed by atoms with Gasteiger partial charge in [-0.3, -0.25) is 0 Å². The Hall–Kier alpha value is -1.83. The molecule has 1 saturated carbocycles. The van der Waals surface area contributed by atoms with Crippen LogP contribution in [0.3, 0.4) is 0 Å². The molecule has 2 aliphatic heterocycles. The number of fused-ring (bicyclic) bond motifs is 1. The number of ether oxygens (including phenoxy) is 4. The summed E-state index contributed by atoms with van der Waals surface area (Å²) in [4.78, 5) is 12.6. The van der Waals surface area contributed by atoms with Crippen LogP contribution in [-0.2, 0) is 18.9 Å². The molecule has 0 bridgehead atoms. The van der Waals surface area contributed by atoms with E-state index in [1.165, 1.54) is 24.3 Å². The van der Waals surface area contributed by atoms with E-state index >= 15 is 0 Å². The van der Waals surface area contributed by atoms with Crippen LogP contribution in [0.25, 0.3) is 0 Å². The molecule has 11 atom stereocenters. The number of phenols is 1. The maximum Gasteiger partial charge on any atom is 0.338 e. The third-order valence-electron chi connectivity index (χ3n) is 6.80. The minimum Gasteiger partial charge on any atom is -0.508 e. The number of rotatable bonds is 5. The van der Waals surface area contributed by atoms with Gasteiger partial charge in [0.1, 0.15) is 36.3 Å². The highest BCUT2D eigenvalue weighted by atomic mass is 16.8. The number of phenolic OH excluding ortho intramolecular Hbond substituents is 1. The summed E-state index contributed by atoms with van der Waals surface area (Å²) in [6, 6.07) is 5.65. The van der Waals surface area contributed by atoms with Crippen LogP contribution in [-0.4, -0.2) is 99.0 Å². The molecule has 11 nitrogen and oxygen atoms in total. The number of aliphatic hydroxyl groups is 5. The molecule has 2 saturated heterocycles. The molecule has 0 amide bonds. The maximum atomic E-state index is 12.6. The average Bonchev–Trinajstić information content (AvgIpc) is 3.13. The maximum absolute atomic E-state index is 12.6. The number of esters is 1. The summed E-state index contributed by atoms with van der Waals surface area (Å²) < 4.78 is 22.6. The number of hydrogen-bond acceptors (Lipinski definition) is 11. The fourth-order valence-corrected chi connectivity index (χ4v) is 5.05. The zero-order valence-corrected chi connectivity index (χ0v) is 18.0. The Bertz CT molecular complexity index is 815. The summed E-state index contributed by atoms with van der Waals surface area (Å²) in [6.45, 7) is 1.20. The Kier molecular flexibility index (Phi) is 7.22. The van der Waals surface area contributed by atoms with Crippen molar-refractivity contribution < 1.29 is 54.4 Å². The van der Waals surface area contributed by atoms with Crippen LogP contribution in [0.1, 0.15) is 23.7 Å². The zero-order chi connectivity index (χ0) is 23.9. The molecule has 2 heterocycles. The van der Waals surface area contributed by atoms with Crippen LogP contribution in [0, 0.1) is 17.8 Å². The summed E-state index contributed by atoms with van der Waals surface area (Å²) in [7, 11) is 0. The first-order valence-corrected chi connectivity index (χ1v) is 11.0. The molecule has 0 radical (unpaired) electrons. The third-order valence-corrected chi connectivity index (χ3v) is 6.80. The van der Waals surface area contributed by atoms with Crippen LogP contribution in [0.15, 0.2) is 24.3 Å². The van der Waals surface area contributed by atoms with Crippen molar-refractivity contribution in [3.8, 4) is 5.75 Å². The van der Waals surface area contributed by atoms with E-state index in [0.29, 0.717) is 6.42 Å². The minimum absolute atomic E-state index is 0.0224. The number of aromatic hydroxyl groups is 1. The Morgan fingerprint density at radius 1 is 1.03 bits per heavy atom. The van der Waals surface area contributed by atoms with Gasteiger partial charge >= 0.3 is 5.97 Å². The Morgan fingerprint density at radius 2 is 1.73 bits per heavy atom. The van der Waals surface area contributed by atoms with E-state index in [-0.39, 0.29) is 23.8 Å². The summed E-state index contributed by atoms with van der Waals surface area (Å²) in [5, 5.41) is 59.7. The molecule has 33 heavy (non-hydrogen) atoms. The van der Waals surface area contributed by atoms with E-state index in [0.717, 1.165) is 0 Å². The monoisotopic (exact) mass is 470 g/mol. The first-order chi connectivity index (χ1) is 15.7. The molecule has 11 heteroatoms. The number of hydrogen-bond donors (Lipinski definition) is 6. The second kappa shape index (κ2) is 9.80. The van der Waals surface area contributed by atoms with Crippen LogP contribution in [0.2, 0.25) is 0 Å². The topological polar surface area (TPSA) is 175 Å². The fraction of sp³-hybridized carbons (Fsp3) is 0.682. The number of aliphatic hydroxyl groups excluding tert-OH is 5. The average molecular weight is 470 g/mol. The highest BCUT2D eigenvalue weighted by Gasteiger charge is 2.55. The van der Waals surface area contributed by atoms with Crippen LogP contribution in [0.5, 0.6) is 5.75 Å². The van der Waals surface area contributed by atoms with E-state index in [9.17, 15) is 35.4 Å². The van der Waals surface area contributed by atoms with Gasteiger partial charge in [-0.25, -0.2) is 4.79 Å². The van der Waals surface area contributed by atoms with Crippen molar-refractivity contribution in [1.29, 1.82) is 0 Å². The predicted molar refractivity (Wildman–Crippen MR) is 109 cm³/mol. The minimum atomic E-state index is -1.59. The first kappa shape index (κ1) is 24.3. The van der Waals surface area contributed by atoms with E-state index in [4.69, 9.17) is 18.9 Å². The molecule has 3 fully saturated rings. The van der Waals surface area contributed by atoms with Gasteiger partial charge in [-0.05, 0) is 36.6 Å². The Balaban J connectivity index is 1.47. The molecule has 0 spiro atoms. The molecule has 1 aromatic rings. The summed E-state index contributed by atoms with van der Waals surface area (Å²) >= 11 is 0. The predicted octanol–water partition coefficient (Wildman–Crippen LogP) is -1.28. The molecule has 6 N–H and O–H groups in total. The second-order valence-corrected chi connectivity index (χ2v) is 8.96. The smallest absolute Gasteiger partial charge is 0.338 e. The Morgan fingerprint density at radius 3 is 2.39 bits per heavy atom. The lowest BCUT2D eigenvalue weighted by Gasteiger charge is -2.44. The molecular formula is C22H30O11. The molecule has 184 valence electrons. The quantitative estimate of drug-likeness (QED) is 0.283. The summed E-state index contributed by atoms with van der Waals surface area (Å²) in [6.07, 6.45) is -9.26. The van der Waals surface area contributed by atoms with Gasteiger partial charge in [-0.2, -0.15) is 0 Å². The lowest BCUT2D eigenvalue weighted by molar-refractivity contribution is -0.358. The summed E-state index contributed by atoms with van der Waals surface area (Å²) in [5.41, 5.74) is 0.263. The molecular weight excluding hydrogens is 440 g/mol. The number of carbonyl (C=O) groups excluding carboxylic acids is 1. The third kappa shape index (κ3) is 4.73. The van der Waals surface area contributed by atoms with E-state index < -0.39 is 73.6 Å². The van der Waals surface area contributed by atoms with Gasteiger partial charge in [0, 0.05) is 11.8 Å². The largest absolute Gasteiger partial charge is 0.508 e. The SMILES string of the molecule is CC1CC(OC(=O)c2ccc(O)cc2)C2C(O)COC(OC3OC(CO)C(O)C(O)C3O)C12. The van der Waals surface area contributed by atoms with Crippen molar-refractivity contribution in [2.75, 3.05) is 13.2 Å². The number of benzene rings is 1. The molecule has 1 aromatic carbocycles. The Labute approximate surface area is 190 Å². The van der Waals surface area contributed by atoms with Crippen molar-refractivity contribution in [3.05, 3.63) is 29.8 Å². The zero-order valence-electron chi connectivity index (χ0n) is 18.0. The first-order valence-electron chi connectivity index (χ1n) is 11.0. The summed E-state index contributed by atoms with van der Waals surface area (Å²) in [5.74, 6) is -1.59. The highest BCUT2D eigenvalue weighted by Crippen LogP contribution is 2.47. The van der Waals surface area contributed by atoms with Gasteiger partial charge in [-0.1, -0.05) is 6.92 Å². The van der Waals surface area contributed by atoms with Crippen LogP contribution in [0.4, 0.5) is 0 Å². The fourth-order valence-electron chi connectivity index (χ4n) is 5.05. The van der Waals surface area contributed by atoms with Crippen LogP contribution < -0.4 is 0 Å². The molecule has 0 aromatic heterocycles. The molecule has 3 aliphatic rings. The lowest BCUT2D eigenvalue weighted by atomic mass is 9.83. The van der Waals surface area contributed by atoms with Crippen LogP contribution >= 0.6 is 0 Å². The van der Waals surface area contributed by atoms with Gasteiger partial charge in [0.15, 0.2) is 12.6 Å². The van der Waals surface area contributed by atoms with Gasteiger partial charge in [0.25, 0.3) is 0 Å². The lowest BCUT2D eigenvalue weighted by Crippen LogP contribution is -2.61. The van der Waals surface area contributed by atoms with Gasteiger partial charge in [0.05, 0.1) is 24.9 Å². The molecule has 11 unspecified atom stereocenters. The van der Waals surface area contributed by atoms with Crippen molar-refractivity contribution in [1.82, 2.24) is 0 Å². The van der Waals surface area contributed by atoms with Crippen molar-refractivity contribution in [2.45, 2.75) is 62.5 Å². The van der Waals surface area contributed by atoms with Gasteiger partial charge < -0.3 is 49.6 Å².